The van der Waals surface area contributed by atoms with Crippen molar-refractivity contribution in [2.24, 2.45) is 0 Å². The van der Waals surface area contributed by atoms with E-state index >= 15 is 0 Å². The highest BCUT2D eigenvalue weighted by atomic mass is 32.2. The Morgan fingerprint density at radius 2 is 1.50 bits per heavy atom. The standard InChI is InChI=1S/C16H16O3S/c1-17-12-4-5-15-10(7-12)6-11-8-13(18-2)14(19-3)9-16(11)20-15/h4-5,7-9H,6H2,1-3H3. The average Bonchev–Trinajstić information content (AvgIpc) is 2.50. The minimum absolute atomic E-state index is 0.774. The Morgan fingerprint density at radius 3 is 2.20 bits per heavy atom. The lowest BCUT2D eigenvalue weighted by Crippen LogP contribution is -2.02. The van der Waals surface area contributed by atoms with Crippen molar-refractivity contribution in [1.82, 2.24) is 0 Å². The van der Waals surface area contributed by atoms with Gasteiger partial charge >= 0.3 is 0 Å². The fraction of sp³-hybridized carbons (Fsp3) is 0.250. The van der Waals surface area contributed by atoms with Gasteiger partial charge in [0.2, 0.25) is 0 Å². The van der Waals surface area contributed by atoms with E-state index in [1.54, 1.807) is 33.1 Å². The van der Waals surface area contributed by atoms with Gasteiger partial charge in [-0.25, -0.2) is 0 Å². The normalized spacial score (nSPS) is 12.3. The van der Waals surface area contributed by atoms with Gasteiger partial charge in [0.05, 0.1) is 21.3 Å². The fourth-order valence-corrected chi connectivity index (χ4v) is 3.44. The molecule has 20 heavy (non-hydrogen) atoms. The van der Waals surface area contributed by atoms with Crippen LogP contribution in [0.4, 0.5) is 0 Å². The zero-order valence-corrected chi connectivity index (χ0v) is 12.5. The SMILES string of the molecule is COc1ccc2c(c1)Cc1cc(OC)c(OC)cc1S2. The van der Waals surface area contributed by atoms with Gasteiger partial charge in [-0.1, -0.05) is 11.8 Å². The van der Waals surface area contributed by atoms with E-state index in [0.717, 1.165) is 23.7 Å². The van der Waals surface area contributed by atoms with Gasteiger partial charge in [0.1, 0.15) is 5.75 Å². The van der Waals surface area contributed by atoms with Gasteiger partial charge in [0, 0.05) is 9.79 Å². The molecule has 0 spiro atoms. The van der Waals surface area contributed by atoms with Gasteiger partial charge in [-0.2, -0.15) is 0 Å². The van der Waals surface area contributed by atoms with Crippen LogP contribution >= 0.6 is 11.8 Å². The van der Waals surface area contributed by atoms with Crippen molar-refractivity contribution in [3.8, 4) is 17.2 Å². The second-order valence-electron chi connectivity index (χ2n) is 4.57. The molecule has 0 fully saturated rings. The maximum atomic E-state index is 5.38. The summed E-state index contributed by atoms with van der Waals surface area (Å²) in [5.74, 6) is 2.45. The summed E-state index contributed by atoms with van der Waals surface area (Å²) in [4.78, 5) is 2.49. The molecule has 2 aromatic carbocycles. The summed E-state index contributed by atoms with van der Waals surface area (Å²) in [5.41, 5.74) is 2.54. The summed E-state index contributed by atoms with van der Waals surface area (Å²) in [6.45, 7) is 0. The summed E-state index contributed by atoms with van der Waals surface area (Å²) in [6, 6.07) is 10.3. The van der Waals surface area contributed by atoms with Gasteiger partial charge < -0.3 is 14.2 Å². The highest BCUT2D eigenvalue weighted by Crippen LogP contribution is 2.44. The van der Waals surface area contributed by atoms with Crippen LogP contribution in [-0.4, -0.2) is 21.3 Å². The molecule has 4 heteroatoms. The molecule has 0 atom stereocenters. The van der Waals surface area contributed by atoms with E-state index in [9.17, 15) is 0 Å². The maximum absolute atomic E-state index is 5.38. The summed E-state index contributed by atoms with van der Waals surface area (Å²) in [5, 5.41) is 0. The van der Waals surface area contributed by atoms with Crippen molar-refractivity contribution < 1.29 is 14.2 Å². The smallest absolute Gasteiger partial charge is 0.161 e. The molecule has 0 aliphatic carbocycles. The molecule has 104 valence electrons. The Morgan fingerprint density at radius 1 is 0.800 bits per heavy atom. The van der Waals surface area contributed by atoms with Gasteiger partial charge in [-0.15, -0.1) is 0 Å². The van der Waals surface area contributed by atoms with Crippen molar-refractivity contribution in [3.63, 3.8) is 0 Å². The number of methoxy groups -OCH3 is 3. The number of benzene rings is 2. The molecular formula is C16H16O3S. The Labute approximate surface area is 122 Å². The zero-order chi connectivity index (χ0) is 14.1. The average molecular weight is 288 g/mol. The zero-order valence-electron chi connectivity index (χ0n) is 11.7. The molecule has 3 rings (SSSR count). The molecule has 1 heterocycles. The molecule has 0 bridgehead atoms. The van der Waals surface area contributed by atoms with Crippen molar-refractivity contribution in [2.45, 2.75) is 16.2 Å². The Bertz CT molecular complexity index is 652. The molecule has 0 N–H and O–H groups in total. The summed E-state index contributed by atoms with van der Waals surface area (Å²) < 4.78 is 16.0. The van der Waals surface area contributed by atoms with E-state index in [1.807, 2.05) is 12.1 Å². The van der Waals surface area contributed by atoms with Crippen LogP contribution in [0.1, 0.15) is 11.1 Å². The summed E-state index contributed by atoms with van der Waals surface area (Å²) in [6.07, 6.45) is 0.884. The predicted octanol–water partition coefficient (Wildman–Crippen LogP) is 3.77. The minimum Gasteiger partial charge on any atom is -0.497 e. The van der Waals surface area contributed by atoms with E-state index < -0.39 is 0 Å². The molecule has 3 nitrogen and oxygen atoms in total. The van der Waals surface area contributed by atoms with Gasteiger partial charge in [0.25, 0.3) is 0 Å². The van der Waals surface area contributed by atoms with Crippen LogP contribution in [0.5, 0.6) is 17.2 Å². The van der Waals surface area contributed by atoms with Gasteiger partial charge in [0.15, 0.2) is 11.5 Å². The Hall–Kier alpha value is -1.81. The molecule has 0 aromatic heterocycles. The number of hydrogen-bond acceptors (Lipinski definition) is 4. The molecule has 1 aliphatic heterocycles. The monoisotopic (exact) mass is 288 g/mol. The van der Waals surface area contributed by atoms with Crippen LogP contribution < -0.4 is 14.2 Å². The van der Waals surface area contributed by atoms with Crippen LogP contribution in [0.15, 0.2) is 40.1 Å². The van der Waals surface area contributed by atoms with E-state index in [-0.39, 0.29) is 0 Å². The molecule has 1 aliphatic rings. The Balaban J connectivity index is 2.03. The largest absolute Gasteiger partial charge is 0.497 e. The first-order valence-electron chi connectivity index (χ1n) is 6.35. The quantitative estimate of drug-likeness (QED) is 0.733. The van der Waals surface area contributed by atoms with E-state index in [0.29, 0.717) is 0 Å². The molecule has 0 radical (unpaired) electrons. The van der Waals surface area contributed by atoms with Crippen molar-refractivity contribution in [3.05, 3.63) is 41.5 Å². The van der Waals surface area contributed by atoms with Crippen molar-refractivity contribution in [1.29, 1.82) is 0 Å². The third kappa shape index (κ3) is 2.20. The van der Waals surface area contributed by atoms with E-state index in [2.05, 4.69) is 18.2 Å². The van der Waals surface area contributed by atoms with Gasteiger partial charge in [-0.05, 0) is 47.9 Å². The first-order valence-corrected chi connectivity index (χ1v) is 7.16. The van der Waals surface area contributed by atoms with Crippen LogP contribution in [0, 0.1) is 0 Å². The first-order chi connectivity index (χ1) is 9.75. The molecule has 0 saturated heterocycles. The summed E-state index contributed by atoms with van der Waals surface area (Å²) >= 11 is 1.76. The lowest BCUT2D eigenvalue weighted by atomic mass is 10.0. The lowest BCUT2D eigenvalue weighted by Gasteiger charge is -2.21. The third-order valence-electron chi connectivity index (χ3n) is 3.44. The fourth-order valence-electron chi connectivity index (χ4n) is 2.38. The van der Waals surface area contributed by atoms with Crippen LogP contribution in [0.3, 0.4) is 0 Å². The molecule has 2 aromatic rings. The van der Waals surface area contributed by atoms with Crippen LogP contribution in [0.25, 0.3) is 0 Å². The van der Waals surface area contributed by atoms with E-state index in [4.69, 9.17) is 14.2 Å². The second-order valence-corrected chi connectivity index (χ2v) is 5.65. The summed E-state index contributed by atoms with van der Waals surface area (Å²) in [7, 11) is 5.02. The van der Waals surface area contributed by atoms with E-state index in [1.165, 1.54) is 20.9 Å². The Kier molecular flexibility index (Phi) is 3.49. The topological polar surface area (TPSA) is 27.7 Å². The number of rotatable bonds is 3. The molecule has 0 saturated carbocycles. The van der Waals surface area contributed by atoms with Crippen molar-refractivity contribution in [2.75, 3.05) is 21.3 Å². The first kappa shape index (κ1) is 13.2. The second kappa shape index (κ2) is 5.29. The minimum atomic E-state index is 0.774. The highest BCUT2D eigenvalue weighted by molar-refractivity contribution is 7.99. The predicted molar refractivity (Wildman–Crippen MR) is 79.5 cm³/mol. The van der Waals surface area contributed by atoms with Crippen molar-refractivity contribution >= 4 is 11.8 Å². The van der Waals surface area contributed by atoms with Gasteiger partial charge in [-0.3, -0.25) is 0 Å². The third-order valence-corrected chi connectivity index (χ3v) is 4.65. The van der Waals surface area contributed by atoms with Crippen LogP contribution in [-0.2, 0) is 6.42 Å². The number of fused-ring (bicyclic) bond motifs is 2. The maximum Gasteiger partial charge on any atom is 0.161 e. The molecule has 0 unspecified atom stereocenters. The molecular weight excluding hydrogens is 272 g/mol. The number of hydrogen-bond donors (Lipinski definition) is 0. The van der Waals surface area contributed by atoms with Crippen LogP contribution in [0.2, 0.25) is 0 Å². The number of ether oxygens (including phenoxy) is 3. The lowest BCUT2D eigenvalue weighted by molar-refractivity contribution is 0.353. The molecule has 0 amide bonds. The highest BCUT2D eigenvalue weighted by Gasteiger charge is 2.19.